The minimum Gasteiger partial charge on any atom is -0.378 e. The van der Waals surface area contributed by atoms with Gasteiger partial charge in [0.1, 0.15) is 5.82 Å². The first-order valence-electron chi connectivity index (χ1n) is 7.28. The highest BCUT2D eigenvalue weighted by atomic mass is 32.1. The maximum Gasteiger partial charge on any atom is 0.227 e. The number of anilines is 3. The number of hydrogen-bond acceptors (Lipinski definition) is 8. The van der Waals surface area contributed by atoms with Crippen molar-refractivity contribution in [3.63, 3.8) is 0 Å². The van der Waals surface area contributed by atoms with Crippen LogP contribution in [0.5, 0.6) is 0 Å². The summed E-state index contributed by atoms with van der Waals surface area (Å²) in [5.74, 6) is 0.970. The van der Waals surface area contributed by atoms with Crippen LogP contribution in [0.25, 0.3) is 0 Å². The molecule has 0 saturated carbocycles. The number of nitrogens with zero attached hydrogens (tertiary/aromatic N) is 4. The molecule has 1 amide bonds. The van der Waals surface area contributed by atoms with E-state index in [4.69, 9.17) is 10.5 Å². The molecule has 3 rings (SSSR count). The average molecular weight is 334 g/mol. The van der Waals surface area contributed by atoms with Crippen molar-refractivity contribution in [2.75, 3.05) is 36.5 Å². The topological polar surface area (TPSA) is 106 Å². The third-order valence-electron chi connectivity index (χ3n) is 3.28. The number of ether oxygens (including phenoxy) is 1. The Balaban J connectivity index is 1.75. The van der Waals surface area contributed by atoms with Gasteiger partial charge < -0.3 is 20.7 Å². The van der Waals surface area contributed by atoms with Gasteiger partial charge in [0.05, 0.1) is 25.3 Å². The molecule has 2 aromatic heterocycles. The lowest BCUT2D eigenvalue weighted by Gasteiger charge is -2.27. The SMILES string of the molecule is Cc1cc(Nc2nc(CC(N)=O)cs2)nc(N2CCOCC2)n1. The van der Waals surface area contributed by atoms with Gasteiger partial charge in [-0.3, -0.25) is 4.79 Å². The number of thiazole rings is 1. The zero-order valence-electron chi connectivity index (χ0n) is 12.8. The zero-order valence-corrected chi connectivity index (χ0v) is 13.6. The quantitative estimate of drug-likeness (QED) is 0.835. The molecule has 9 heteroatoms. The molecule has 0 radical (unpaired) electrons. The number of aryl methyl sites for hydroxylation is 1. The molecule has 2 aromatic rings. The Morgan fingerprint density at radius 2 is 2.17 bits per heavy atom. The smallest absolute Gasteiger partial charge is 0.227 e. The van der Waals surface area contributed by atoms with E-state index < -0.39 is 5.91 Å². The van der Waals surface area contributed by atoms with E-state index in [0.29, 0.717) is 35.8 Å². The molecule has 0 aromatic carbocycles. The van der Waals surface area contributed by atoms with Crippen LogP contribution in [0.3, 0.4) is 0 Å². The van der Waals surface area contributed by atoms with Gasteiger partial charge >= 0.3 is 0 Å². The number of primary amides is 1. The number of aromatic nitrogens is 3. The molecule has 122 valence electrons. The average Bonchev–Trinajstić information content (AvgIpc) is 2.93. The number of carbonyl (C=O) groups excluding carboxylic acids is 1. The lowest BCUT2D eigenvalue weighted by Crippen LogP contribution is -2.37. The normalized spacial score (nSPS) is 14.7. The highest BCUT2D eigenvalue weighted by molar-refractivity contribution is 7.13. The standard InChI is InChI=1S/C14H18N6O2S/c1-9-6-12(18-13(16-9)20-2-4-22-5-3-20)19-14-17-10(8-23-14)7-11(15)21/h6,8H,2-5,7H2,1H3,(H2,15,21)(H,16,17,18,19). The highest BCUT2D eigenvalue weighted by Gasteiger charge is 2.15. The summed E-state index contributed by atoms with van der Waals surface area (Å²) in [4.78, 5) is 26.4. The number of rotatable bonds is 5. The number of amides is 1. The molecule has 23 heavy (non-hydrogen) atoms. The predicted octanol–water partition coefficient (Wildman–Crippen LogP) is 0.850. The summed E-state index contributed by atoms with van der Waals surface area (Å²) in [6.07, 6.45) is 0.139. The first-order chi connectivity index (χ1) is 11.1. The summed E-state index contributed by atoms with van der Waals surface area (Å²) in [5.41, 5.74) is 6.71. The summed E-state index contributed by atoms with van der Waals surface area (Å²) >= 11 is 1.41. The molecule has 0 unspecified atom stereocenters. The molecule has 1 saturated heterocycles. The van der Waals surface area contributed by atoms with Crippen LogP contribution in [0.2, 0.25) is 0 Å². The molecule has 1 aliphatic rings. The minimum absolute atomic E-state index is 0.139. The van der Waals surface area contributed by atoms with Crippen LogP contribution in [0.4, 0.5) is 16.9 Å². The number of hydrogen-bond donors (Lipinski definition) is 2. The first kappa shape index (κ1) is 15.6. The Morgan fingerprint density at radius 1 is 1.39 bits per heavy atom. The van der Waals surface area contributed by atoms with Crippen LogP contribution >= 0.6 is 11.3 Å². The lowest BCUT2D eigenvalue weighted by atomic mass is 10.3. The van der Waals surface area contributed by atoms with Gasteiger partial charge in [0.25, 0.3) is 0 Å². The highest BCUT2D eigenvalue weighted by Crippen LogP contribution is 2.22. The van der Waals surface area contributed by atoms with E-state index in [9.17, 15) is 4.79 Å². The fraction of sp³-hybridized carbons (Fsp3) is 0.429. The fourth-order valence-electron chi connectivity index (χ4n) is 2.26. The van der Waals surface area contributed by atoms with E-state index in [0.717, 1.165) is 18.8 Å². The number of nitrogens with two attached hydrogens (primary N) is 1. The maximum absolute atomic E-state index is 10.9. The molecule has 3 heterocycles. The third-order valence-corrected chi connectivity index (χ3v) is 4.08. The van der Waals surface area contributed by atoms with Gasteiger partial charge in [-0.1, -0.05) is 0 Å². The van der Waals surface area contributed by atoms with Gasteiger partial charge in [0.15, 0.2) is 5.13 Å². The molecule has 3 N–H and O–H groups in total. The Hall–Kier alpha value is -2.26. The second-order valence-electron chi connectivity index (χ2n) is 5.21. The van der Waals surface area contributed by atoms with Gasteiger partial charge in [0, 0.05) is 30.2 Å². The zero-order chi connectivity index (χ0) is 16.2. The second kappa shape index (κ2) is 6.88. The number of nitrogens with one attached hydrogen (secondary N) is 1. The number of morpholine rings is 1. The van der Waals surface area contributed by atoms with Crippen molar-refractivity contribution in [1.29, 1.82) is 0 Å². The van der Waals surface area contributed by atoms with E-state index in [-0.39, 0.29) is 6.42 Å². The number of carbonyl (C=O) groups is 1. The Labute approximate surface area is 137 Å². The molecule has 0 atom stereocenters. The minimum atomic E-state index is -0.394. The van der Waals surface area contributed by atoms with Gasteiger partial charge in [0.2, 0.25) is 11.9 Å². The summed E-state index contributed by atoms with van der Waals surface area (Å²) in [7, 11) is 0. The van der Waals surface area contributed by atoms with Crippen LogP contribution in [0, 0.1) is 6.92 Å². The van der Waals surface area contributed by atoms with Crippen molar-refractivity contribution in [2.24, 2.45) is 5.73 Å². The largest absolute Gasteiger partial charge is 0.378 e. The van der Waals surface area contributed by atoms with E-state index in [2.05, 4.69) is 25.2 Å². The van der Waals surface area contributed by atoms with E-state index in [1.165, 1.54) is 11.3 Å². The molecular weight excluding hydrogens is 316 g/mol. The van der Waals surface area contributed by atoms with Gasteiger partial charge in [-0.05, 0) is 6.92 Å². The van der Waals surface area contributed by atoms with Crippen molar-refractivity contribution in [1.82, 2.24) is 15.0 Å². The fourth-order valence-corrected chi connectivity index (χ4v) is 2.97. The third kappa shape index (κ3) is 4.14. The summed E-state index contributed by atoms with van der Waals surface area (Å²) < 4.78 is 5.35. The first-order valence-corrected chi connectivity index (χ1v) is 8.16. The molecule has 1 aliphatic heterocycles. The van der Waals surface area contributed by atoms with Crippen LogP contribution in [0.1, 0.15) is 11.4 Å². The summed E-state index contributed by atoms with van der Waals surface area (Å²) in [6.45, 7) is 4.86. The van der Waals surface area contributed by atoms with Crippen molar-refractivity contribution < 1.29 is 9.53 Å². The summed E-state index contributed by atoms with van der Waals surface area (Å²) in [6, 6.07) is 1.86. The van der Waals surface area contributed by atoms with Gasteiger partial charge in [-0.2, -0.15) is 4.98 Å². The van der Waals surface area contributed by atoms with E-state index >= 15 is 0 Å². The maximum atomic E-state index is 10.9. The van der Waals surface area contributed by atoms with Crippen LogP contribution in [-0.4, -0.2) is 47.2 Å². The molecule has 0 aliphatic carbocycles. The predicted molar refractivity (Wildman–Crippen MR) is 88.1 cm³/mol. The molecule has 0 spiro atoms. The van der Waals surface area contributed by atoms with Crippen molar-refractivity contribution >= 4 is 34.1 Å². The van der Waals surface area contributed by atoms with Crippen molar-refractivity contribution in [3.8, 4) is 0 Å². The second-order valence-corrected chi connectivity index (χ2v) is 6.06. The monoisotopic (exact) mass is 334 g/mol. The molecular formula is C14H18N6O2S. The van der Waals surface area contributed by atoms with Crippen LogP contribution < -0.4 is 16.0 Å². The lowest BCUT2D eigenvalue weighted by molar-refractivity contribution is -0.117. The molecule has 8 nitrogen and oxygen atoms in total. The van der Waals surface area contributed by atoms with Gasteiger partial charge in [-0.25, -0.2) is 9.97 Å². The van der Waals surface area contributed by atoms with Crippen LogP contribution in [-0.2, 0) is 16.0 Å². The van der Waals surface area contributed by atoms with E-state index in [1.807, 2.05) is 18.4 Å². The summed E-state index contributed by atoms with van der Waals surface area (Å²) in [5, 5.41) is 5.65. The van der Waals surface area contributed by atoms with Crippen LogP contribution in [0.15, 0.2) is 11.4 Å². The van der Waals surface area contributed by atoms with E-state index in [1.54, 1.807) is 0 Å². The Morgan fingerprint density at radius 3 is 2.91 bits per heavy atom. The Kier molecular flexibility index (Phi) is 4.68. The van der Waals surface area contributed by atoms with Gasteiger partial charge in [-0.15, -0.1) is 11.3 Å². The Bertz CT molecular complexity index is 698. The van der Waals surface area contributed by atoms with Crippen molar-refractivity contribution in [3.05, 3.63) is 22.8 Å². The van der Waals surface area contributed by atoms with Crippen molar-refractivity contribution in [2.45, 2.75) is 13.3 Å². The molecule has 0 bridgehead atoms. The molecule has 1 fully saturated rings.